The molecule has 1 aliphatic heterocycles. The zero-order valence-electron chi connectivity index (χ0n) is 9.43. The van der Waals surface area contributed by atoms with Crippen molar-refractivity contribution < 1.29 is 23.0 Å². The van der Waals surface area contributed by atoms with E-state index in [0.29, 0.717) is 29.4 Å². The second-order valence-electron chi connectivity index (χ2n) is 4.25. The molecule has 1 N–H and O–H groups in total. The molecule has 1 aliphatic rings. The summed E-state index contributed by atoms with van der Waals surface area (Å²) in [5, 5.41) is 10.2. The second-order valence-corrected chi connectivity index (χ2v) is 4.69. The van der Waals surface area contributed by atoms with Crippen LogP contribution in [0, 0.1) is 0 Å². The Bertz CT molecular complexity index is 446. The highest BCUT2D eigenvalue weighted by atomic mass is 35.5. The minimum absolute atomic E-state index is 0.347. The number of hydrogen-bond acceptors (Lipinski definition) is 2. The van der Waals surface area contributed by atoms with Crippen LogP contribution >= 0.6 is 11.6 Å². The van der Waals surface area contributed by atoms with E-state index in [4.69, 9.17) is 16.3 Å². The molecular weight excluding hydrogens is 269 g/mol. The lowest BCUT2D eigenvalue weighted by molar-refractivity contribution is -0.140. The average Bonchev–Trinajstić information content (AvgIpc) is 2.71. The van der Waals surface area contributed by atoms with E-state index in [1.165, 1.54) is 6.07 Å². The molecule has 1 unspecified atom stereocenters. The van der Waals surface area contributed by atoms with Crippen LogP contribution in [0.1, 0.15) is 30.1 Å². The summed E-state index contributed by atoms with van der Waals surface area (Å²) in [6.07, 6.45) is -6.25. The number of fused-ring (bicyclic) bond motifs is 1. The fourth-order valence-corrected chi connectivity index (χ4v) is 2.25. The summed E-state index contributed by atoms with van der Waals surface area (Å²) in [7, 11) is 0. The average molecular weight is 281 g/mol. The van der Waals surface area contributed by atoms with Crippen LogP contribution in [0.25, 0.3) is 0 Å². The van der Waals surface area contributed by atoms with E-state index in [1.54, 1.807) is 6.07 Å². The summed E-state index contributed by atoms with van der Waals surface area (Å²) in [6.45, 7) is 0.467. The van der Waals surface area contributed by atoms with Gasteiger partial charge in [-0.3, -0.25) is 0 Å². The van der Waals surface area contributed by atoms with E-state index in [0.717, 1.165) is 5.56 Å². The highest BCUT2D eigenvalue weighted by molar-refractivity contribution is 6.30. The summed E-state index contributed by atoms with van der Waals surface area (Å²) < 4.78 is 41.7. The molecule has 0 spiro atoms. The van der Waals surface area contributed by atoms with E-state index in [-0.39, 0.29) is 6.42 Å². The van der Waals surface area contributed by atoms with Gasteiger partial charge in [-0.05, 0) is 24.1 Å². The lowest BCUT2D eigenvalue weighted by atomic mass is 10.0. The maximum absolute atomic E-state index is 12.1. The van der Waals surface area contributed by atoms with Gasteiger partial charge in [0.2, 0.25) is 0 Å². The number of halogens is 4. The highest BCUT2D eigenvalue weighted by Gasteiger charge is 2.30. The molecular formula is C12H12ClF3O2. The first-order chi connectivity index (χ1) is 8.37. The fraction of sp³-hybridized carbons (Fsp3) is 0.500. The third-order valence-corrected chi connectivity index (χ3v) is 3.06. The smallest absolute Gasteiger partial charge is 0.389 e. The Morgan fingerprint density at radius 1 is 1.39 bits per heavy atom. The van der Waals surface area contributed by atoms with Gasteiger partial charge in [0.15, 0.2) is 0 Å². The van der Waals surface area contributed by atoms with E-state index < -0.39 is 18.7 Å². The minimum atomic E-state index is -4.27. The van der Waals surface area contributed by atoms with Crippen LogP contribution in [0.2, 0.25) is 5.02 Å². The Morgan fingerprint density at radius 2 is 2.11 bits per heavy atom. The van der Waals surface area contributed by atoms with Crippen molar-refractivity contribution >= 4 is 11.6 Å². The maximum Gasteiger partial charge on any atom is 0.389 e. The Hall–Kier alpha value is -0.940. The summed E-state index contributed by atoms with van der Waals surface area (Å²) in [5.41, 5.74) is 1.18. The highest BCUT2D eigenvalue weighted by Crippen LogP contribution is 2.38. The zero-order chi connectivity index (χ0) is 13.3. The topological polar surface area (TPSA) is 29.5 Å². The Balaban J connectivity index is 2.18. The molecule has 1 aromatic carbocycles. The number of aliphatic hydroxyl groups excluding tert-OH is 1. The number of alkyl halides is 3. The van der Waals surface area contributed by atoms with Gasteiger partial charge in [0.1, 0.15) is 5.75 Å². The van der Waals surface area contributed by atoms with Gasteiger partial charge in [0.05, 0.1) is 12.7 Å². The molecule has 18 heavy (non-hydrogen) atoms. The van der Waals surface area contributed by atoms with Crippen LogP contribution in [-0.2, 0) is 6.42 Å². The summed E-state index contributed by atoms with van der Waals surface area (Å²) >= 11 is 5.87. The van der Waals surface area contributed by atoms with Gasteiger partial charge in [-0.15, -0.1) is 0 Å². The second kappa shape index (κ2) is 4.97. The molecule has 2 rings (SSSR count). The molecule has 1 aromatic rings. The van der Waals surface area contributed by atoms with Crippen LogP contribution in [0.5, 0.6) is 5.75 Å². The molecule has 1 atom stereocenters. The first-order valence-electron chi connectivity index (χ1n) is 5.57. The predicted octanol–water partition coefficient (Wildman–Crippen LogP) is 3.65. The summed E-state index contributed by atoms with van der Waals surface area (Å²) in [4.78, 5) is 0. The van der Waals surface area contributed by atoms with Crippen molar-refractivity contribution in [1.29, 1.82) is 0 Å². The first kappa shape index (κ1) is 13.5. The van der Waals surface area contributed by atoms with Crippen LogP contribution in [0.15, 0.2) is 12.1 Å². The van der Waals surface area contributed by atoms with Gasteiger partial charge in [-0.25, -0.2) is 0 Å². The molecule has 0 saturated carbocycles. The van der Waals surface area contributed by atoms with Gasteiger partial charge in [0, 0.05) is 23.4 Å². The SMILES string of the molecule is OC(CCC(F)(F)F)c1cc(Cl)cc2c1OCC2. The van der Waals surface area contributed by atoms with E-state index in [1.807, 2.05) is 0 Å². The van der Waals surface area contributed by atoms with Gasteiger partial charge < -0.3 is 9.84 Å². The molecule has 6 heteroatoms. The first-order valence-corrected chi connectivity index (χ1v) is 5.94. The van der Waals surface area contributed by atoms with Crippen molar-refractivity contribution in [2.45, 2.75) is 31.5 Å². The van der Waals surface area contributed by atoms with Crippen molar-refractivity contribution in [3.8, 4) is 5.75 Å². The van der Waals surface area contributed by atoms with Crippen LogP contribution < -0.4 is 4.74 Å². The molecule has 100 valence electrons. The number of ether oxygens (including phenoxy) is 1. The van der Waals surface area contributed by atoms with E-state index >= 15 is 0 Å². The predicted molar refractivity (Wildman–Crippen MR) is 60.9 cm³/mol. The largest absolute Gasteiger partial charge is 0.493 e. The van der Waals surface area contributed by atoms with E-state index in [9.17, 15) is 18.3 Å². The molecule has 0 fully saturated rings. The maximum atomic E-state index is 12.1. The number of aliphatic hydroxyl groups is 1. The monoisotopic (exact) mass is 280 g/mol. The fourth-order valence-electron chi connectivity index (χ4n) is 2.00. The number of benzene rings is 1. The van der Waals surface area contributed by atoms with Gasteiger partial charge in [-0.2, -0.15) is 13.2 Å². The third kappa shape index (κ3) is 3.09. The molecule has 0 saturated heterocycles. The van der Waals surface area contributed by atoms with Crippen LogP contribution in [0.3, 0.4) is 0 Å². The zero-order valence-corrected chi connectivity index (χ0v) is 10.2. The van der Waals surface area contributed by atoms with Gasteiger partial charge >= 0.3 is 6.18 Å². The van der Waals surface area contributed by atoms with Crippen molar-refractivity contribution in [1.82, 2.24) is 0 Å². The van der Waals surface area contributed by atoms with Crippen molar-refractivity contribution in [3.63, 3.8) is 0 Å². The Kier molecular flexibility index (Phi) is 3.73. The standard InChI is InChI=1S/C12H12ClF3O2/c13-8-5-7-2-4-18-11(7)9(6-8)10(17)1-3-12(14,15)16/h5-6,10,17H,1-4H2. The molecule has 0 radical (unpaired) electrons. The number of hydrogen-bond donors (Lipinski definition) is 1. The van der Waals surface area contributed by atoms with E-state index in [2.05, 4.69) is 0 Å². The van der Waals surface area contributed by atoms with Crippen molar-refractivity contribution in [3.05, 3.63) is 28.3 Å². The molecule has 1 heterocycles. The molecule has 0 aliphatic carbocycles. The van der Waals surface area contributed by atoms with Crippen LogP contribution in [-0.4, -0.2) is 17.9 Å². The van der Waals surface area contributed by atoms with Gasteiger partial charge in [0.25, 0.3) is 0 Å². The minimum Gasteiger partial charge on any atom is -0.493 e. The van der Waals surface area contributed by atoms with Gasteiger partial charge in [-0.1, -0.05) is 11.6 Å². The Labute approximate surface area is 107 Å². The molecule has 0 aromatic heterocycles. The quantitative estimate of drug-likeness (QED) is 0.916. The van der Waals surface area contributed by atoms with Crippen molar-refractivity contribution in [2.75, 3.05) is 6.61 Å². The lowest BCUT2D eigenvalue weighted by Crippen LogP contribution is -2.10. The van der Waals surface area contributed by atoms with Crippen molar-refractivity contribution in [2.24, 2.45) is 0 Å². The molecule has 0 bridgehead atoms. The Morgan fingerprint density at radius 3 is 2.78 bits per heavy atom. The summed E-state index contributed by atoms with van der Waals surface area (Å²) in [6, 6.07) is 3.18. The number of rotatable bonds is 3. The summed E-state index contributed by atoms with van der Waals surface area (Å²) in [5.74, 6) is 0.481. The third-order valence-electron chi connectivity index (χ3n) is 2.84. The lowest BCUT2D eigenvalue weighted by Gasteiger charge is -2.16. The molecule has 0 amide bonds. The normalized spacial score (nSPS) is 16.3. The molecule has 2 nitrogen and oxygen atoms in total. The van der Waals surface area contributed by atoms with Crippen LogP contribution in [0.4, 0.5) is 13.2 Å².